The van der Waals surface area contributed by atoms with Gasteiger partial charge in [0.15, 0.2) is 0 Å². The van der Waals surface area contributed by atoms with Crippen LogP contribution in [0.3, 0.4) is 0 Å². The van der Waals surface area contributed by atoms with Gasteiger partial charge in [0.05, 0.1) is 5.69 Å². The Labute approximate surface area is 120 Å². The minimum absolute atomic E-state index is 0.151. The third-order valence-electron chi connectivity index (χ3n) is 4.33. The topological polar surface area (TPSA) is 41.1 Å². The van der Waals surface area contributed by atoms with Crippen LogP contribution in [0.1, 0.15) is 40.0 Å². The first kappa shape index (κ1) is 14.8. The normalized spacial score (nSPS) is 26.1. The summed E-state index contributed by atoms with van der Waals surface area (Å²) >= 11 is 0. The van der Waals surface area contributed by atoms with Crippen LogP contribution in [0.5, 0.6) is 0 Å². The molecule has 0 saturated heterocycles. The molecule has 0 heterocycles. The Balaban J connectivity index is 2.13. The van der Waals surface area contributed by atoms with Crippen LogP contribution in [-0.2, 0) is 4.79 Å². The van der Waals surface area contributed by atoms with Crippen molar-refractivity contribution < 1.29 is 9.18 Å². The Bertz CT molecular complexity index is 489. The molecule has 2 rings (SSSR count). The van der Waals surface area contributed by atoms with Crippen LogP contribution in [0.4, 0.5) is 15.8 Å². The number of carbonyl (C=O) groups excluding carboxylic acids is 1. The molecule has 3 nitrogen and oxygen atoms in total. The number of halogens is 1. The van der Waals surface area contributed by atoms with Crippen molar-refractivity contribution in [2.75, 3.05) is 10.6 Å². The van der Waals surface area contributed by atoms with Crippen LogP contribution in [0.15, 0.2) is 18.2 Å². The Morgan fingerprint density at radius 3 is 2.75 bits per heavy atom. The number of carbonyl (C=O) groups is 1. The molecule has 1 fully saturated rings. The summed E-state index contributed by atoms with van der Waals surface area (Å²) in [4.78, 5) is 11.1. The van der Waals surface area contributed by atoms with Gasteiger partial charge in [-0.3, -0.25) is 4.79 Å². The molecule has 1 aromatic rings. The molecular weight excluding hydrogens is 255 g/mol. The molecule has 1 aromatic carbocycles. The maximum Gasteiger partial charge on any atom is 0.221 e. The lowest BCUT2D eigenvalue weighted by Crippen LogP contribution is -2.35. The number of hydrogen-bond donors (Lipinski definition) is 2. The lowest BCUT2D eigenvalue weighted by atomic mass is 9.78. The van der Waals surface area contributed by atoms with Crippen LogP contribution in [-0.4, -0.2) is 11.9 Å². The molecule has 0 bridgehead atoms. The molecule has 4 heteroatoms. The molecule has 0 radical (unpaired) electrons. The summed E-state index contributed by atoms with van der Waals surface area (Å²) < 4.78 is 13.9. The van der Waals surface area contributed by atoms with E-state index in [1.165, 1.54) is 25.8 Å². The lowest BCUT2D eigenvalue weighted by molar-refractivity contribution is -0.114. The zero-order valence-electron chi connectivity index (χ0n) is 12.4. The zero-order valence-corrected chi connectivity index (χ0v) is 12.4. The monoisotopic (exact) mass is 278 g/mol. The summed E-state index contributed by atoms with van der Waals surface area (Å²) in [6, 6.07) is 4.93. The van der Waals surface area contributed by atoms with Gasteiger partial charge in [0.25, 0.3) is 0 Å². The van der Waals surface area contributed by atoms with Gasteiger partial charge in [-0.05, 0) is 36.5 Å². The van der Waals surface area contributed by atoms with E-state index in [2.05, 4.69) is 24.5 Å². The zero-order chi connectivity index (χ0) is 14.7. The highest BCUT2D eigenvalue weighted by Gasteiger charge is 2.27. The highest BCUT2D eigenvalue weighted by molar-refractivity contribution is 5.89. The predicted octanol–water partition coefficient (Wildman–Crippen LogP) is 4.02. The van der Waals surface area contributed by atoms with E-state index in [1.54, 1.807) is 12.1 Å². The highest BCUT2D eigenvalue weighted by atomic mass is 19.1. The molecule has 1 amide bonds. The molecule has 3 unspecified atom stereocenters. The fraction of sp³-hybridized carbons (Fsp3) is 0.562. The highest BCUT2D eigenvalue weighted by Crippen LogP contribution is 2.32. The number of amides is 1. The summed E-state index contributed by atoms with van der Waals surface area (Å²) in [6.45, 7) is 5.92. The molecule has 20 heavy (non-hydrogen) atoms. The van der Waals surface area contributed by atoms with E-state index < -0.39 is 0 Å². The Morgan fingerprint density at radius 1 is 1.30 bits per heavy atom. The first-order chi connectivity index (χ1) is 9.47. The Kier molecular flexibility index (Phi) is 4.63. The summed E-state index contributed by atoms with van der Waals surface area (Å²) in [6.07, 6.45) is 3.49. The van der Waals surface area contributed by atoms with Gasteiger partial charge in [-0.2, -0.15) is 0 Å². The fourth-order valence-corrected chi connectivity index (χ4v) is 2.90. The van der Waals surface area contributed by atoms with Gasteiger partial charge < -0.3 is 10.6 Å². The smallest absolute Gasteiger partial charge is 0.221 e. The quantitative estimate of drug-likeness (QED) is 0.876. The van der Waals surface area contributed by atoms with Gasteiger partial charge in [0, 0.05) is 18.7 Å². The second-order valence-corrected chi connectivity index (χ2v) is 5.89. The number of anilines is 2. The average Bonchev–Trinajstić information content (AvgIpc) is 2.38. The van der Waals surface area contributed by atoms with Gasteiger partial charge >= 0.3 is 0 Å². The van der Waals surface area contributed by atoms with Crippen molar-refractivity contribution in [2.24, 2.45) is 11.8 Å². The molecule has 1 saturated carbocycles. The fourth-order valence-electron chi connectivity index (χ4n) is 2.90. The third-order valence-corrected chi connectivity index (χ3v) is 4.33. The Morgan fingerprint density at radius 2 is 2.05 bits per heavy atom. The molecule has 0 aliphatic heterocycles. The molecular formula is C16H23FN2O. The van der Waals surface area contributed by atoms with Crippen molar-refractivity contribution in [3.63, 3.8) is 0 Å². The molecule has 1 aliphatic rings. The van der Waals surface area contributed by atoms with Crippen LogP contribution in [0, 0.1) is 17.7 Å². The molecule has 0 spiro atoms. The van der Waals surface area contributed by atoms with Crippen molar-refractivity contribution in [2.45, 2.75) is 46.1 Å². The maximum absolute atomic E-state index is 13.9. The summed E-state index contributed by atoms with van der Waals surface area (Å²) in [7, 11) is 0. The van der Waals surface area contributed by atoms with E-state index in [-0.39, 0.29) is 11.7 Å². The van der Waals surface area contributed by atoms with Gasteiger partial charge in [-0.15, -0.1) is 0 Å². The van der Waals surface area contributed by atoms with E-state index in [1.807, 2.05) is 0 Å². The van der Waals surface area contributed by atoms with E-state index >= 15 is 0 Å². The molecule has 3 atom stereocenters. The molecule has 2 N–H and O–H groups in total. The summed E-state index contributed by atoms with van der Waals surface area (Å²) in [5.41, 5.74) is 1.10. The largest absolute Gasteiger partial charge is 0.380 e. The number of nitrogens with one attached hydrogen (secondary N) is 2. The predicted molar refractivity (Wildman–Crippen MR) is 80.3 cm³/mol. The molecule has 110 valence electrons. The molecule has 1 aliphatic carbocycles. The van der Waals surface area contributed by atoms with E-state index in [9.17, 15) is 9.18 Å². The van der Waals surface area contributed by atoms with Gasteiger partial charge in [0.2, 0.25) is 5.91 Å². The lowest BCUT2D eigenvalue weighted by Gasteiger charge is -2.35. The van der Waals surface area contributed by atoms with Crippen molar-refractivity contribution >= 4 is 17.3 Å². The van der Waals surface area contributed by atoms with Crippen LogP contribution in [0.25, 0.3) is 0 Å². The van der Waals surface area contributed by atoms with E-state index in [0.29, 0.717) is 29.3 Å². The number of benzene rings is 1. The second-order valence-electron chi connectivity index (χ2n) is 5.89. The number of rotatable bonds is 3. The van der Waals surface area contributed by atoms with Crippen molar-refractivity contribution in [3.05, 3.63) is 24.0 Å². The standard InChI is InChI=1S/C16H23FN2O/c1-10-5-4-6-15(11(10)2)19-16-9-13(18-12(3)20)7-8-14(16)17/h7-11,15,19H,4-6H2,1-3H3,(H,18,20). The SMILES string of the molecule is CC(=O)Nc1ccc(F)c(NC2CCCC(C)C2C)c1. The van der Waals surface area contributed by atoms with Crippen molar-refractivity contribution in [1.29, 1.82) is 0 Å². The minimum Gasteiger partial charge on any atom is -0.380 e. The van der Waals surface area contributed by atoms with E-state index in [4.69, 9.17) is 0 Å². The van der Waals surface area contributed by atoms with E-state index in [0.717, 1.165) is 6.42 Å². The maximum atomic E-state index is 13.9. The van der Waals surface area contributed by atoms with Gasteiger partial charge in [0.1, 0.15) is 5.82 Å². The van der Waals surface area contributed by atoms with Gasteiger partial charge in [-0.25, -0.2) is 4.39 Å². The van der Waals surface area contributed by atoms with Crippen molar-refractivity contribution in [3.8, 4) is 0 Å². The van der Waals surface area contributed by atoms with Crippen LogP contribution in [0.2, 0.25) is 0 Å². The first-order valence-corrected chi connectivity index (χ1v) is 7.31. The summed E-state index contributed by atoms with van der Waals surface area (Å²) in [5.74, 6) is 0.752. The van der Waals surface area contributed by atoms with Crippen LogP contribution >= 0.6 is 0 Å². The first-order valence-electron chi connectivity index (χ1n) is 7.31. The minimum atomic E-state index is -0.274. The second kappa shape index (κ2) is 6.25. The third kappa shape index (κ3) is 3.50. The van der Waals surface area contributed by atoms with Crippen molar-refractivity contribution in [1.82, 2.24) is 0 Å². The Hall–Kier alpha value is -1.58. The van der Waals surface area contributed by atoms with Gasteiger partial charge in [-0.1, -0.05) is 26.7 Å². The van der Waals surface area contributed by atoms with Crippen LogP contribution < -0.4 is 10.6 Å². The summed E-state index contributed by atoms with van der Waals surface area (Å²) in [5, 5.41) is 6.00. The molecule has 0 aromatic heterocycles. The number of hydrogen-bond acceptors (Lipinski definition) is 2. The average molecular weight is 278 g/mol.